The van der Waals surface area contributed by atoms with Gasteiger partial charge in [-0.15, -0.1) is 0 Å². The second kappa shape index (κ2) is 8.63. The topological polar surface area (TPSA) is 66.8 Å². The molecular weight excluding hydrogens is 401 g/mol. The van der Waals surface area contributed by atoms with Crippen molar-refractivity contribution < 1.29 is 28.2 Å². The molecule has 6 nitrogen and oxygen atoms in total. The van der Waals surface area contributed by atoms with Crippen LogP contribution >= 0.6 is 0 Å². The van der Waals surface area contributed by atoms with Gasteiger partial charge in [-0.2, -0.15) is 0 Å². The van der Waals surface area contributed by atoms with Crippen LogP contribution in [0.15, 0.2) is 54.6 Å². The highest BCUT2D eigenvalue weighted by Gasteiger charge is 2.24. The maximum Gasteiger partial charge on any atom is 0.341 e. The van der Waals surface area contributed by atoms with Gasteiger partial charge >= 0.3 is 5.97 Å². The van der Waals surface area contributed by atoms with Crippen molar-refractivity contribution in [3.8, 4) is 11.5 Å². The standard InChI is InChI=1S/C24H22FNO5/c1-15-11-19(21(27)14-30-24(28)18-7-3-4-8-20(18)25)16(2)26(15)12-17-13-29-22-9-5-6-10-23(22)31-17/h3-11,17H,12-14H2,1-2H3. The van der Waals surface area contributed by atoms with Crippen molar-refractivity contribution >= 4 is 11.8 Å². The Bertz CT molecular complexity index is 1140. The molecule has 0 radical (unpaired) electrons. The van der Waals surface area contributed by atoms with Crippen molar-refractivity contribution in [1.82, 2.24) is 4.57 Å². The Balaban J connectivity index is 1.42. The number of Topliss-reactive ketones (excluding diaryl/α,β-unsaturated/α-hetero) is 1. The van der Waals surface area contributed by atoms with Gasteiger partial charge in [-0.3, -0.25) is 4.79 Å². The number of halogens is 1. The van der Waals surface area contributed by atoms with Crippen LogP contribution in [-0.2, 0) is 11.3 Å². The van der Waals surface area contributed by atoms with Gasteiger partial charge in [-0.1, -0.05) is 24.3 Å². The molecule has 0 bridgehead atoms. The highest BCUT2D eigenvalue weighted by molar-refractivity contribution is 6.00. The number of aryl methyl sites for hydroxylation is 1. The Kier molecular flexibility index (Phi) is 5.75. The molecule has 3 aromatic rings. The Morgan fingerprint density at radius 3 is 2.55 bits per heavy atom. The van der Waals surface area contributed by atoms with E-state index in [1.165, 1.54) is 24.3 Å². The summed E-state index contributed by atoms with van der Waals surface area (Å²) in [6, 6.07) is 14.7. The summed E-state index contributed by atoms with van der Waals surface area (Å²) in [6.45, 7) is 4.17. The number of nitrogens with zero attached hydrogens (tertiary/aromatic N) is 1. The number of ketones is 1. The summed E-state index contributed by atoms with van der Waals surface area (Å²) in [4.78, 5) is 24.7. The van der Waals surface area contributed by atoms with Crippen LogP contribution in [0.4, 0.5) is 4.39 Å². The zero-order valence-electron chi connectivity index (χ0n) is 17.3. The summed E-state index contributed by atoms with van der Waals surface area (Å²) in [5.74, 6) is -0.499. The molecule has 0 aliphatic carbocycles. The first-order chi connectivity index (χ1) is 14.9. The minimum atomic E-state index is -0.869. The van der Waals surface area contributed by atoms with E-state index < -0.39 is 18.4 Å². The molecule has 1 atom stereocenters. The quantitative estimate of drug-likeness (QED) is 0.441. The van der Waals surface area contributed by atoms with E-state index in [0.717, 1.165) is 11.4 Å². The molecule has 0 amide bonds. The van der Waals surface area contributed by atoms with Gasteiger partial charge in [-0.25, -0.2) is 9.18 Å². The number of carbonyl (C=O) groups excluding carboxylic acids is 2. The number of esters is 1. The highest BCUT2D eigenvalue weighted by Crippen LogP contribution is 2.31. The minimum absolute atomic E-state index is 0.199. The summed E-state index contributed by atoms with van der Waals surface area (Å²) in [5.41, 5.74) is 1.88. The number of hydrogen-bond donors (Lipinski definition) is 0. The van der Waals surface area contributed by atoms with Crippen molar-refractivity contribution in [3.05, 3.63) is 82.9 Å². The van der Waals surface area contributed by atoms with Crippen LogP contribution in [0.25, 0.3) is 0 Å². The first kappa shape index (κ1) is 20.7. The first-order valence-electron chi connectivity index (χ1n) is 9.94. The predicted octanol–water partition coefficient (Wildman–Crippen LogP) is 4.12. The number of carbonyl (C=O) groups is 2. The van der Waals surface area contributed by atoms with Crippen molar-refractivity contribution in [1.29, 1.82) is 0 Å². The van der Waals surface area contributed by atoms with E-state index in [2.05, 4.69) is 0 Å². The van der Waals surface area contributed by atoms with Gasteiger partial charge in [0.15, 0.2) is 24.2 Å². The van der Waals surface area contributed by atoms with Gasteiger partial charge in [0.05, 0.1) is 12.1 Å². The van der Waals surface area contributed by atoms with E-state index in [1.807, 2.05) is 42.7 Å². The number of para-hydroxylation sites is 2. The fourth-order valence-electron chi connectivity index (χ4n) is 3.63. The Morgan fingerprint density at radius 1 is 1.06 bits per heavy atom. The maximum atomic E-state index is 13.7. The molecule has 0 spiro atoms. The van der Waals surface area contributed by atoms with Gasteiger partial charge in [0.25, 0.3) is 0 Å². The molecular formula is C24H22FNO5. The Labute approximate surface area is 179 Å². The van der Waals surface area contributed by atoms with E-state index in [9.17, 15) is 14.0 Å². The van der Waals surface area contributed by atoms with Crippen LogP contribution in [0.3, 0.4) is 0 Å². The van der Waals surface area contributed by atoms with Gasteiger partial charge in [-0.05, 0) is 44.2 Å². The van der Waals surface area contributed by atoms with Gasteiger partial charge in [0.2, 0.25) is 5.78 Å². The second-order valence-corrected chi connectivity index (χ2v) is 7.37. The molecule has 0 N–H and O–H groups in total. The molecule has 160 valence electrons. The number of fused-ring (bicyclic) bond motifs is 1. The Morgan fingerprint density at radius 2 is 1.77 bits per heavy atom. The van der Waals surface area contributed by atoms with Crippen LogP contribution < -0.4 is 9.47 Å². The van der Waals surface area contributed by atoms with E-state index >= 15 is 0 Å². The maximum absolute atomic E-state index is 13.7. The van der Waals surface area contributed by atoms with Gasteiger partial charge in [0, 0.05) is 17.0 Å². The van der Waals surface area contributed by atoms with Gasteiger partial charge < -0.3 is 18.8 Å². The zero-order valence-corrected chi connectivity index (χ0v) is 17.3. The average Bonchev–Trinajstić information content (AvgIpc) is 3.06. The van der Waals surface area contributed by atoms with Crippen LogP contribution in [0.2, 0.25) is 0 Å². The van der Waals surface area contributed by atoms with Crippen LogP contribution in [-0.4, -0.2) is 35.6 Å². The number of ether oxygens (including phenoxy) is 3. The third kappa shape index (κ3) is 4.30. The second-order valence-electron chi connectivity index (χ2n) is 7.37. The van der Waals surface area contributed by atoms with Crippen LogP contribution in [0.1, 0.15) is 32.1 Å². The van der Waals surface area contributed by atoms with Crippen LogP contribution in [0, 0.1) is 19.7 Å². The number of benzene rings is 2. The number of hydrogen-bond acceptors (Lipinski definition) is 5. The summed E-state index contributed by atoms with van der Waals surface area (Å²) in [6.07, 6.45) is -0.207. The lowest BCUT2D eigenvalue weighted by atomic mass is 10.1. The molecule has 4 rings (SSSR count). The average molecular weight is 423 g/mol. The molecule has 0 saturated carbocycles. The Hall–Kier alpha value is -3.61. The van der Waals surface area contributed by atoms with E-state index in [4.69, 9.17) is 14.2 Å². The fraction of sp³-hybridized carbons (Fsp3) is 0.250. The SMILES string of the molecule is Cc1cc(C(=O)COC(=O)c2ccccc2F)c(C)n1CC1COc2ccccc2O1. The third-order valence-electron chi connectivity index (χ3n) is 5.26. The summed E-state index contributed by atoms with van der Waals surface area (Å²) < 4.78 is 32.5. The molecule has 0 saturated heterocycles. The molecule has 7 heteroatoms. The predicted molar refractivity (Wildman–Crippen MR) is 111 cm³/mol. The highest BCUT2D eigenvalue weighted by atomic mass is 19.1. The van der Waals surface area contributed by atoms with Crippen molar-refractivity contribution in [2.75, 3.05) is 13.2 Å². The minimum Gasteiger partial charge on any atom is -0.486 e. The summed E-state index contributed by atoms with van der Waals surface area (Å²) >= 11 is 0. The number of rotatable bonds is 6. The van der Waals surface area contributed by atoms with E-state index in [1.54, 1.807) is 6.07 Å². The van der Waals surface area contributed by atoms with Crippen molar-refractivity contribution in [2.24, 2.45) is 0 Å². The molecule has 2 aromatic carbocycles. The molecule has 1 aliphatic rings. The molecule has 2 heterocycles. The third-order valence-corrected chi connectivity index (χ3v) is 5.26. The van der Waals surface area contributed by atoms with E-state index in [-0.39, 0.29) is 17.5 Å². The number of aromatic nitrogens is 1. The lowest BCUT2D eigenvalue weighted by Gasteiger charge is -2.27. The lowest BCUT2D eigenvalue weighted by molar-refractivity contribution is 0.0469. The summed E-state index contributed by atoms with van der Waals surface area (Å²) in [7, 11) is 0. The zero-order chi connectivity index (χ0) is 22.0. The van der Waals surface area contributed by atoms with Crippen LogP contribution in [0.5, 0.6) is 11.5 Å². The van der Waals surface area contributed by atoms with Crippen molar-refractivity contribution in [3.63, 3.8) is 0 Å². The normalized spacial score (nSPS) is 14.9. The lowest BCUT2D eigenvalue weighted by Crippen LogP contribution is -2.33. The molecule has 1 aliphatic heterocycles. The monoisotopic (exact) mass is 423 g/mol. The summed E-state index contributed by atoms with van der Waals surface area (Å²) in [5, 5.41) is 0. The molecule has 31 heavy (non-hydrogen) atoms. The largest absolute Gasteiger partial charge is 0.486 e. The van der Waals surface area contributed by atoms with E-state index in [0.29, 0.717) is 30.2 Å². The van der Waals surface area contributed by atoms with Gasteiger partial charge in [0.1, 0.15) is 12.4 Å². The molecule has 1 aromatic heterocycles. The van der Waals surface area contributed by atoms with Crippen molar-refractivity contribution in [2.45, 2.75) is 26.5 Å². The molecule has 1 unspecified atom stereocenters. The smallest absolute Gasteiger partial charge is 0.341 e. The first-order valence-corrected chi connectivity index (χ1v) is 9.94. The molecule has 0 fully saturated rings. The fourth-order valence-corrected chi connectivity index (χ4v) is 3.63.